The standard InChI is InChI=1S/C23H24N6.3ClH/c1-15-20-5-3-2-4-16(20)11-26-22(15)21-10-17(12-27-23(21)24)18-13-28-29(14-18)19-6-8-25-9-7-19;;;/h2-5,10-14,19,25H,6-9H2,1H3,(H2,24,27);3*1H. The van der Waals surface area contributed by atoms with Gasteiger partial charge in [-0.2, -0.15) is 5.10 Å². The molecular formula is C23H27Cl3N6. The molecule has 4 aromatic rings. The largest absolute Gasteiger partial charge is 0.383 e. The highest BCUT2D eigenvalue weighted by molar-refractivity contribution is 5.91. The number of nitrogens with two attached hydrogens (primary N) is 1. The number of aryl methyl sites for hydroxylation is 1. The van der Waals surface area contributed by atoms with Crippen LogP contribution in [0.4, 0.5) is 5.82 Å². The van der Waals surface area contributed by atoms with Gasteiger partial charge in [0.2, 0.25) is 0 Å². The molecule has 0 amide bonds. The predicted molar refractivity (Wildman–Crippen MR) is 138 cm³/mol. The van der Waals surface area contributed by atoms with Crippen LogP contribution in [0, 0.1) is 6.92 Å². The fraction of sp³-hybridized carbons (Fsp3) is 0.261. The quantitative estimate of drug-likeness (QED) is 0.408. The molecule has 3 aromatic heterocycles. The van der Waals surface area contributed by atoms with E-state index in [0.29, 0.717) is 11.9 Å². The van der Waals surface area contributed by atoms with Gasteiger partial charge in [-0.3, -0.25) is 9.67 Å². The summed E-state index contributed by atoms with van der Waals surface area (Å²) in [7, 11) is 0. The van der Waals surface area contributed by atoms with Gasteiger partial charge in [0, 0.05) is 40.7 Å². The molecule has 1 aliphatic heterocycles. The molecule has 1 aliphatic rings. The maximum atomic E-state index is 6.26. The molecule has 6 nitrogen and oxygen atoms in total. The molecule has 4 heterocycles. The lowest BCUT2D eigenvalue weighted by molar-refractivity contribution is 0.343. The molecule has 0 unspecified atom stereocenters. The molecule has 0 saturated carbocycles. The average Bonchev–Trinajstić information content (AvgIpc) is 3.26. The summed E-state index contributed by atoms with van der Waals surface area (Å²) in [5.74, 6) is 0.491. The van der Waals surface area contributed by atoms with Crippen LogP contribution < -0.4 is 11.1 Å². The van der Waals surface area contributed by atoms with Crippen molar-refractivity contribution in [3.05, 3.63) is 60.7 Å². The average molecular weight is 494 g/mol. The van der Waals surface area contributed by atoms with Crippen molar-refractivity contribution in [3.8, 4) is 22.4 Å². The zero-order valence-electron chi connectivity index (χ0n) is 17.7. The molecule has 0 spiro atoms. The zero-order valence-corrected chi connectivity index (χ0v) is 20.1. The Morgan fingerprint density at radius 3 is 2.50 bits per heavy atom. The highest BCUT2D eigenvalue weighted by Crippen LogP contribution is 2.33. The molecule has 1 fully saturated rings. The van der Waals surface area contributed by atoms with E-state index in [-0.39, 0.29) is 37.2 Å². The number of pyridine rings is 2. The third-order valence-electron chi connectivity index (χ3n) is 5.84. The molecule has 170 valence electrons. The minimum absolute atomic E-state index is 0. The number of hydrogen-bond acceptors (Lipinski definition) is 5. The van der Waals surface area contributed by atoms with Crippen LogP contribution in [-0.2, 0) is 0 Å². The highest BCUT2D eigenvalue weighted by Gasteiger charge is 2.17. The van der Waals surface area contributed by atoms with Gasteiger partial charge in [-0.25, -0.2) is 4.98 Å². The fourth-order valence-corrected chi connectivity index (χ4v) is 4.16. The van der Waals surface area contributed by atoms with Crippen LogP contribution in [0.2, 0.25) is 0 Å². The Balaban J connectivity index is 0.00000121. The zero-order chi connectivity index (χ0) is 19.8. The van der Waals surface area contributed by atoms with E-state index in [0.717, 1.165) is 59.3 Å². The fourth-order valence-electron chi connectivity index (χ4n) is 4.16. The van der Waals surface area contributed by atoms with Crippen LogP contribution in [0.25, 0.3) is 33.2 Å². The molecule has 0 radical (unpaired) electrons. The van der Waals surface area contributed by atoms with Crippen molar-refractivity contribution >= 4 is 53.8 Å². The summed E-state index contributed by atoms with van der Waals surface area (Å²) < 4.78 is 2.09. The molecule has 3 N–H and O–H groups in total. The van der Waals surface area contributed by atoms with Crippen molar-refractivity contribution in [2.45, 2.75) is 25.8 Å². The highest BCUT2D eigenvalue weighted by atomic mass is 35.5. The molecule has 1 aromatic carbocycles. The van der Waals surface area contributed by atoms with Crippen LogP contribution in [-0.4, -0.2) is 32.8 Å². The van der Waals surface area contributed by atoms with E-state index in [1.54, 1.807) is 0 Å². The number of anilines is 1. The molecule has 9 heteroatoms. The smallest absolute Gasteiger partial charge is 0.132 e. The van der Waals surface area contributed by atoms with Crippen molar-refractivity contribution in [3.63, 3.8) is 0 Å². The van der Waals surface area contributed by atoms with Crippen LogP contribution in [0.1, 0.15) is 24.4 Å². The third kappa shape index (κ3) is 4.84. The van der Waals surface area contributed by atoms with Gasteiger partial charge in [0.1, 0.15) is 5.82 Å². The predicted octanol–water partition coefficient (Wildman–Crippen LogP) is 5.24. The Morgan fingerprint density at radius 1 is 0.969 bits per heavy atom. The van der Waals surface area contributed by atoms with Crippen LogP contribution >= 0.6 is 37.2 Å². The molecule has 5 rings (SSSR count). The summed E-state index contributed by atoms with van der Waals surface area (Å²) in [6.07, 6.45) is 9.96. The minimum Gasteiger partial charge on any atom is -0.383 e. The molecule has 0 atom stereocenters. The van der Waals surface area contributed by atoms with Gasteiger partial charge >= 0.3 is 0 Å². The Morgan fingerprint density at radius 2 is 1.72 bits per heavy atom. The first kappa shape index (κ1) is 25.9. The van der Waals surface area contributed by atoms with E-state index in [2.05, 4.69) is 51.4 Å². The van der Waals surface area contributed by atoms with Gasteiger partial charge in [-0.1, -0.05) is 24.3 Å². The van der Waals surface area contributed by atoms with Gasteiger partial charge in [-0.05, 0) is 49.9 Å². The van der Waals surface area contributed by atoms with E-state index in [4.69, 9.17) is 10.7 Å². The summed E-state index contributed by atoms with van der Waals surface area (Å²) in [6.45, 7) is 4.17. The van der Waals surface area contributed by atoms with Crippen molar-refractivity contribution in [2.75, 3.05) is 18.8 Å². The Bertz CT molecular complexity index is 1190. The molecule has 1 saturated heterocycles. The first-order valence-corrected chi connectivity index (χ1v) is 10.1. The lowest BCUT2D eigenvalue weighted by Crippen LogP contribution is -2.29. The van der Waals surface area contributed by atoms with Crippen molar-refractivity contribution in [1.29, 1.82) is 0 Å². The van der Waals surface area contributed by atoms with E-state index in [9.17, 15) is 0 Å². The van der Waals surface area contributed by atoms with Gasteiger partial charge in [0.05, 0.1) is 17.9 Å². The summed E-state index contributed by atoms with van der Waals surface area (Å²) >= 11 is 0. The lowest BCUT2D eigenvalue weighted by Gasteiger charge is -2.22. The number of nitrogens with zero attached hydrogens (tertiary/aromatic N) is 4. The second kappa shape index (κ2) is 11.0. The normalized spacial score (nSPS) is 13.7. The number of aromatic nitrogens is 4. The van der Waals surface area contributed by atoms with Gasteiger partial charge in [0.25, 0.3) is 0 Å². The second-order valence-corrected chi connectivity index (χ2v) is 7.67. The Kier molecular flexibility index (Phi) is 8.87. The SMILES string of the molecule is Cc1c(-c2cc(-c3cnn(C4CCNCC4)c3)cnc2N)ncc2ccccc12.Cl.Cl.Cl. The third-order valence-corrected chi connectivity index (χ3v) is 5.84. The Labute approximate surface area is 206 Å². The molecule has 0 bridgehead atoms. The first-order valence-electron chi connectivity index (χ1n) is 10.1. The van der Waals surface area contributed by atoms with Crippen molar-refractivity contribution in [1.82, 2.24) is 25.1 Å². The van der Waals surface area contributed by atoms with Crippen LogP contribution in [0.3, 0.4) is 0 Å². The van der Waals surface area contributed by atoms with Crippen molar-refractivity contribution < 1.29 is 0 Å². The maximum Gasteiger partial charge on any atom is 0.132 e. The number of benzene rings is 1. The summed E-state index contributed by atoms with van der Waals surface area (Å²) in [4.78, 5) is 9.17. The van der Waals surface area contributed by atoms with E-state index < -0.39 is 0 Å². The first-order chi connectivity index (χ1) is 14.2. The minimum atomic E-state index is 0. The topological polar surface area (TPSA) is 81.7 Å². The van der Waals surface area contributed by atoms with Gasteiger partial charge in [-0.15, -0.1) is 37.2 Å². The Hall–Kier alpha value is -2.38. The second-order valence-electron chi connectivity index (χ2n) is 7.67. The van der Waals surface area contributed by atoms with Gasteiger partial charge < -0.3 is 11.1 Å². The van der Waals surface area contributed by atoms with Gasteiger partial charge in [0.15, 0.2) is 0 Å². The monoisotopic (exact) mass is 492 g/mol. The number of hydrogen-bond donors (Lipinski definition) is 2. The maximum absolute atomic E-state index is 6.26. The molecule has 32 heavy (non-hydrogen) atoms. The molecule has 0 aliphatic carbocycles. The van der Waals surface area contributed by atoms with Crippen molar-refractivity contribution in [2.24, 2.45) is 0 Å². The summed E-state index contributed by atoms with van der Waals surface area (Å²) in [5.41, 5.74) is 11.2. The van der Waals surface area contributed by atoms with Crippen LogP contribution in [0.5, 0.6) is 0 Å². The van der Waals surface area contributed by atoms with E-state index >= 15 is 0 Å². The summed E-state index contributed by atoms with van der Waals surface area (Å²) in [6, 6.07) is 10.8. The molecular weight excluding hydrogens is 467 g/mol. The van der Waals surface area contributed by atoms with E-state index in [1.807, 2.05) is 30.7 Å². The number of fused-ring (bicyclic) bond motifs is 1. The number of nitrogen functional groups attached to an aromatic ring is 1. The van der Waals surface area contributed by atoms with Crippen LogP contribution in [0.15, 0.2) is 55.1 Å². The number of nitrogens with one attached hydrogen (secondary N) is 1. The lowest BCUT2D eigenvalue weighted by atomic mass is 9.99. The summed E-state index contributed by atoms with van der Waals surface area (Å²) in [5, 5.41) is 10.3. The number of piperidine rings is 1. The number of rotatable bonds is 3. The number of halogens is 3. The van der Waals surface area contributed by atoms with E-state index in [1.165, 1.54) is 5.39 Å².